The molecule has 41 heavy (non-hydrogen) atoms. The molecule has 9 heteroatoms. The Balaban J connectivity index is 1.31. The fourth-order valence-corrected chi connectivity index (χ4v) is 5.62. The lowest BCUT2D eigenvalue weighted by molar-refractivity contribution is -0.151. The highest BCUT2D eigenvalue weighted by Gasteiger charge is 2.38. The zero-order valence-electron chi connectivity index (χ0n) is 23.2. The fourth-order valence-electron chi connectivity index (χ4n) is 5.62. The number of benzene rings is 1. The number of hydrogen-bond donors (Lipinski definition) is 2. The topological polar surface area (TPSA) is 123 Å². The normalized spacial score (nSPS) is 14.9. The number of likely N-dealkylation sites (tertiary alicyclic amines) is 1. The Morgan fingerprint density at radius 1 is 0.976 bits per heavy atom. The van der Waals surface area contributed by atoms with Gasteiger partial charge in [-0.2, -0.15) is 0 Å². The van der Waals surface area contributed by atoms with E-state index in [-0.39, 0.29) is 5.92 Å². The zero-order chi connectivity index (χ0) is 28.6. The standard InChI is InChI=1S/C32H33N7O2/c1-32(2,31(40)41)22-14-17-38(18-15-22)20-23-10-11-24(19-35-23)39-29(25-9-6-16-34-28(25)33)37-27-13-12-26(36-30(27)39)21-7-4-3-5-8-21/h3-13,16,19,22H,14-15,17-18,20H2,1-2H3,(H2,33,34)(H,40,41). The van der Waals surface area contributed by atoms with E-state index in [2.05, 4.69) is 9.88 Å². The number of carboxylic acid groups (broad SMARTS) is 1. The molecule has 1 aliphatic heterocycles. The van der Waals surface area contributed by atoms with Crippen molar-refractivity contribution in [1.82, 2.24) is 29.4 Å². The van der Waals surface area contributed by atoms with Gasteiger partial charge in [-0.1, -0.05) is 30.3 Å². The molecule has 9 nitrogen and oxygen atoms in total. The first-order valence-corrected chi connectivity index (χ1v) is 13.9. The van der Waals surface area contributed by atoms with Crippen LogP contribution in [0, 0.1) is 11.3 Å². The van der Waals surface area contributed by atoms with Crippen LogP contribution >= 0.6 is 0 Å². The number of hydrogen-bond acceptors (Lipinski definition) is 7. The fraction of sp³-hybridized carbons (Fsp3) is 0.281. The number of nitrogens with two attached hydrogens (primary N) is 1. The molecule has 0 unspecified atom stereocenters. The molecule has 1 fully saturated rings. The average Bonchev–Trinajstić information content (AvgIpc) is 3.37. The molecule has 1 saturated heterocycles. The Morgan fingerprint density at radius 2 is 1.76 bits per heavy atom. The number of piperidine rings is 1. The summed E-state index contributed by atoms with van der Waals surface area (Å²) in [5, 5.41) is 9.60. The van der Waals surface area contributed by atoms with Crippen molar-refractivity contribution in [2.24, 2.45) is 11.3 Å². The van der Waals surface area contributed by atoms with Gasteiger partial charge in [-0.3, -0.25) is 19.2 Å². The predicted molar refractivity (Wildman–Crippen MR) is 159 cm³/mol. The molecule has 208 valence electrons. The van der Waals surface area contributed by atoms with Gasteiger partial charge in [-0.25, -0.2) is 15.0 Å². The van der Waals surface area contributed by atoms with E-state index < -0.39 is 11.4 Å². The van der Waals surface area contributed by atoms with Gasteiger partial charge in [0.05, 0.1) is 34.3 Å². The van der Waals surface area contributed by atoms with Crippen LogP contribution in [0.5, 0.6) is 0 Å². The van der Waals surface area contributed by atoms with E-state index in [1.54, 1.807) is 6.20 Å². The lowest BCUT2D eigenvalue weighted by atomic mass is 9.74. The summed E-state index contributed by atoms with van der Waals surface area (Å²) in [5.74, 6) is 0.498. The van der Waals surface area contributed by atoms with Crippen molar-refractivity contribution in [3.63, 3.8) is 0 Å². The van der Waals surface area contributed by atoms with Gasteiger partial charge in [0.25, 0.3) is 0 Å². The number of pyridine rings is 3. The van der Waals surface area contributed by atoms with E-state index in [0.717, 1.165) is 59.7 Å². The Labute approximate surface area is 238 Å². The maximum absolute atomic E-state index is 11.7. The van der Waals surface area contributed by atoms with Crippen molar-refractivity contribution < 1.29 is 9.90 Å². The van der Waals surface area contributed by atoms with Crippen LogP contribution in [0.25, 0.3) is 39.5 Å². The molecular weight excluding hydrogens is 514 g/mol. The van der Waals surface area contributed by atoms with E-state index in [0.29, 0.717) is 23.8 Å². The number of nitrogens with zero attached hydrogens (tertiary/aromatic N) is 6. The molecule has 0 saturated carbocycles. The Hall–Kier alpha value is -4.63. The molecule has 0 aliphatic carbocycles. The van der Waals surface area contributed by atoms with E-state index >= 15 is 0 Å². The predicted octanol–water partition coefficient (Wildman–Crippen LogP) is 5.45. The molecule has 5 heterocycles. The van der Waals surface area contributed by atoms with Gasteiger partial charge in [-0.15, -0.1) is 0 Å². The van der Waals surface area contributed by atoms with Crippen LogP contribution in [-0.2, 0) is 11.3 Å². The Kier molecular flexibility index (Phi) is 6.96. The van der Waals surface area contributed by atoms with Gasteiger partial charge < -0.3 is 10.8 Å². The van der Waals surface area contributed by atoms with Crippen molar-refractivity contribution in [2.45, 2.75) is 33.2 Å². The number of rotatable bonds is 7. The van der Waals surface area contributed by atoms with Crippen LogP contribution in [0.15, 0.2) is 79.1 Å². The van der Waals surface area contributed by atoms with Crippen LogP contribution in [0.4, 0.5) is 5.82 Å². The monoisotopic (exact) mass is 547 g/mol. The minimum absolute atomic E-state index is 0.174. The molecule has 0 spiro atoms. The zero-order valence-corrected chi connectivity index (χ0v) is 23.2. The highest BCUT2D eigenvalue weighted by molar-refractivity contribution is 5.84. The molecule has 0 atom stereocenters. The summed E-state index contributed by atoms with van der Waals surface area (Å²) in [7, 11) is 0. The van der Waals surface area contributed by atoms with Gasteiger partial charge in [0.1, 0.15) is 11.3 Å². The molecule has 0 radical (unpaired) electrons. The number of fused-ring (bicyclic) bond motifs is 1. The molecule has 0 bridgehead atoms. The van der Waals surface area contributed by atoms with E-state index in [1.165, 1.54) is 0 Å². The second-order valence-corrected chi connectivity index (χ2v) is 11.2. The third-order valence-corrected chi connectivity index (χ3v) is 8.27. The van der Waals surface area contributed by atoms with Crippen molar-refractivity contribution >= 4 is 23.0 Å². The molecule has 3 N–H and O–H groups in total. The van der Waals surface area contributed by atoms with E-state index in [9.17, 15) is 9.90 Å². The highest BCUT2D eigenvalue weighted by Crippen LogP contribution is 2.36. The van der Waals surface area contributed by atoms with E-state index in [1.807, 2.05) is 91.3 Å². The first-order chi connectivity index (χ1) is 19.8. The van der Waals surface area contributed by atoms with Crippen LogP contribution in [0.1, 0.15) is 32.4 Å². The molecule has 1 aliphatic rings. The molecule has 5 aromatic rings. The first kappa shape index (κ1) is 26.6. The highest BCUT2D eigenvalue weighted by atomic mass is 16.4. The quantitative estimate of drug-likeness (QED) is 0.276. The lowest BCUT2D eigenvalue weighted by Crippen LogP contribution is -2.41. The second-order valence-electron chi connectivity index (χ2n) is 11.2. The van der Waals surface area contributed by atoms with Gasteiger partial charge in [0, 0.05) is 18.3 Å². The minimum Gasteiger partial charge on any atom is -0.481 e. The second kappa shape index (κ2) is 10.7. The minimum atomic E-state index is -0.724. The van der Waals surface area contributed by atoms with Crippen molar-refractivity contribution in [1.29, 1.82) is 0 Å². The van der Waals surface area contributed by atoms with E-state index in [4.69, 9.17) is 20.7 Å². The maximum atomic E-state index is 11.7. The summed E-state index contributed by atoms with van der Waals surface area (Å²) in [5.41, 5.74) is 11.4. The molecule has 6 rings (SSSR count). The Bertz CT molecular complexity index is 1690. The number of anilines is 1. The summed E-state index contributed by atoms with van der Waals surface area (Å²) in [4.78, 5) is 33.1. The summed E-state index contributed by atoms with van der Waals surface area (Å²) in [6, 6.07) is 21.9. The summed E-state index contributed by atoms with van der Waals surface area (Å²) in [6.45, 7) is 6.09. The number of carboxylic acids is 1. The van der Waals surface area contributed by atoms with Gasteiger partial charge in [0.15, 0.2) is 11.5 Å². The summed E-state index contributed by atoms with van der Waals surface area (Å²) in [6.07, 6.45) is 5.25. The average molecular weight is 548 g/mol. The maximum Gasteiger partial charge on any atom is 0.309 e. The molecule has 0 amide bonds. The first-order valence-electron chi connectivity index (χ1n) is 13.9. The number of aromatic nitrogens is 5. The van der Waals surface area contributed by atoms with Crippen LogP contribution in [0.3, 0.4) is 0 Å². The third-order valence-electron chi connectivity index (χ3n) is 8.27. The van der Waals surface area contributed by atoms with Crippen LogP contribution < -0.4 is 5.73 Å². The largest absolute Gasteiger partial charge is 0.481 e. The van der Waals surface area contributed by atoms with Crippen LogP contribution in [0.2, 0.25) is 0 Å². The number of carbonyl (C=O) groups is 1. The number of aliphatic carboxylic acids is 1. The third kappa shape index (κ3) is 5.16. The van der Waals surface area contributed by atoms with Gasteiger partial charge >= 0.3 is 5.97 Å². The number of imidazole rings is 1. The Morgan fingerprint density at radius 3 is 2.44 bits per heavy atom. The molecule has 4 aromatic heterocycles. The summed E-state index contributed by atoms with van der Waals surface area (Å²) < 4.78 is 1.99. The molecular formula is C32H33N7O2. The molecule has 1 aromatic carbocycles. The SMILES string of the molecule is CC(C)(C(=O)O)C1CCN(Cc2ccc(-n3c(-c4cccnc4N)nc4ccc(-c5ccccc5)nc43)cn2)CC1. The van der Waals surface area contributed by atoms with Crippen molar-refractivity contribution in [3.05, 3.63) is 84.8 Å². The van der Waals surface area contributed by atoms with Crippen LogP contribution in [-0.4, -0.2) is 53.6 Å². The number of nitrogen functional groups attached to an aromatic ring is 1. The van der Waals surface area contributed by atoms with Gasteiger partial charge in [-0.05, 0) is 82.1 Å². The smallest absolute Gasteiger partial charge is 0.309 e. The van der Waals surface area contributed by atoms with Gasteiger partial charge in [0.2, 0.25) is 0 Å². The lowest BCUT2D eigenvalue weighted by Gasteiger charge is -2.38. The van der Waals surface area contributed by atoms with Crippen molar-refractivity contribution in [2.75, 3.05) is 18.8 Å². The van der Waals surface area contributed by atoms with Crippen molar-refractivity contribution in [3.8, 4) is 28.3 Å². The summed E-state index contributed by atoms with van der Waals surface area (Å²) >= 11 is 0.